The predicted molar refractivity (Wildman–Crippen MR) is 132 cm³/mol. The molecular formula is C25H33N3O8. The first-order valence-electron chi connectivity index (χ1n) is 11.7. The van der Waals surface area contributed by atoms with E-state index in [0.717, 1.165) is 31.7 Å². The van der Waals surface area contributed by atoms with Crippen LogP contribution in [0.3, 0.4) is 0 Å². The van der Waals surface area contributed by atoms with Crippen LogP contribution in [0.25, 0.3) is 0 Å². The fourth-order valence-electron chi connectivity index (χ4n) is 4.11. The van der Waals surface area contributed by atoms with Gasteiger partial charge in [-0.1, -0.05) is 6.07 Å². The number of benzene rings is 2. The molecule has 0 aromatic heterocycles. The van der Waals surface area contributed by atoms with Crippen LogP contribution in [0.2, 0.25) is 0 Å². The third-order valence-electron chi connectivity index (χ3n) is 5.98. The second kappa shape index (κ2) is 12.9. The number of nitro benzene ring substituents is 1. The zero-order valence-corrected chi connectivity index (χ0v) is 21.2. The SMILES string of the molecule is CCOC(=O)c1ccc(OCCN2CCN(Cc3ccc(OC)c(OC)c3OC)CC2)c([N+](=O)[O-])c1. The molecule has 11 nitrogen and oxygen atoms in total. The van der Waals surface area contributed by atoms with Gasteiger partial charge < -0.3 is 23.7 Å². The number of hydrogen-bond acceptors (Lipinski definition) is 10. The average Bonchev–Trinajstić information content (AvgIpc) is 2.89. The van der Waals surface area contributed by atoms with Crippen LogP contribution in [-0.2, 0) is 11.3 Å². The Bertz CT molecular complexity index is 1050. The van der Waals surface area contributed by atoms with Crippen molar-refractivity contribution < 1.29 is 33.4 Å². The number of nitrogens with zero attached hydrogens (tertiary/aromatic N) is 3. The molecule has 0 N–H and O–H groups in total. The largest absolute Gasteiger partial charge is 0.493 e. The van der Waals surface area contributed by atoms with E-state index in [-0.39, 0.29) is 23.6 Å². The molecule has 11 heteroatoms. The average molecular weight is 504 g/mol. The Morgan fingerprint density at radius 3 is 2.22 bits per heavy atom. The van der Waals surface area contributed by atoms with Crippen molar-refractivity contribution in [2.75, 3.05) is 67.3 Å². The molecule has 2 aromatic carbocycles. The van der Waals surface area contributed by atoms with Crippen LogP contribution in [0, 0.1) is 10.1 Å². The van der Waals surface area contributed by atoms with E-state index in [1.165, 1.54) is 18.2 Å². The van der Waals surface area contributed by atoms with E-state index in [0.29, 0.717) is 36.9 Å². The van der Waals surface area contributed by atoms with Crippen molar-refractivity contribution in [2.24, 2.45) is 0 Å². The molecule has 0 unspecified atom stereocenters. The van der Waals surface area contributed by atoms with E-state index in [1.54, 1.807) is 28.3 Å². The zero-order valence-electron chi connectivity index (χ0n) is 21.2. The molecule has 0 aliphatic carbocycles. The molecule has 0 amide bonds. The van der Waals surface area contributed by atoms with Crippen LogP contribution in [-0.4, -0.2) is 88.0 Å². The molecular weight excluding hydrogens is 470 g/mol. The van der Waals surface area contributed by atoms with Gasteiger partial charge in [0.15, 0.2) is 17.2 Å². The number of carbonyl (C=O) groups excluding carboxylic acids is 1. The summed E-state index contributed by atoms with van der Waals surface area (Å²) >= 11 is 0. The Kier molecular flexibility index (Phi) is 9.71. The van der Waals surface area contributed by atoms with Crippen LogP contribution in [0.4, 0.5) is 5.69 Å². The maximum Gasteiger partial charge on any atom is 0.338 e. The Morgan fingerprint density at radius 2 is 1.61 bits per heavy atom. The first-order chi connectivity index (χ1) is 17.4. The topological polar surface area (TPSA) is 113 Å². The summed E-state index contributed by atoms with van der Waals surface area (Å²) in [6.07, 6.45) is 0. The van der Waals surface area contributed by atoms with Crippen molar-refractivity contribution >= 4 is 11.7 Å². The second-order valence-electron chi connectivity index (χ2n) is 8.12. The lowest BCUT2D eigenvalue weighted by Crippen LogP contribution is -2.47. The number of hydrogen-bond donors (Lipinski definition) is 0. The zero-order chi connectivity index (χ0) is 26.1. The van der Waals surface area contributed by atoms with Gasteiger partial charge in [0.25, 0.3) is 0 Å². The Labute approximate surface area is 210 Å². The summed E-state index contributed by atoms with van der Waals surface area (Å²) in [4.78, 5) is 27.4. The number of methoxy groups -OCH3 is 3. The first-order valence-corrected chi connectivity index (χ1v) is 11.7. The van der Waals surface area contributed by atoms with Crippen LogP contribution in [0.1, 0.15) is 22.8 Å². The summed E-state index contributed by atoms with van der Waals surface area (Å²) in [5.41, 5.74) is 0.887. The minimum Gasteiger partial charge on any atom is -0.493 e. The molecule has 2 aromatic rings. The molecule has 0 radical (unpaired) electrons. The summed E-state index contributed by atoms with van der Waals surface area (Å²) in [5.74, 6) is 1.41. The van der Waals surface area contributed by atoms with Gasteiger partial charge in [-0.05, 0) is 25.1 Å². The lowest BCUT2D eigenvalue weighted by molar-refractivity contribution is -0.385. The molecule has 1 saturated heterocycles. The van der Waals surface area contributed by atoms with Crippen molar-refractivity contribution in [3.8, 4) is 23.0 Å². The fraction of sp³-hybridized carbons (Fsp3) is 0.480. The van der Waals surface area contributed by atoms with Crippen molar-refractivity contribution in [1.82, 2.24) is 9.80 Å². The highest BCUT2D eigenvalue weighted by Gasteiger charge is 2.23. The minimum atomic E-state index is -0.601. The Balaban J connectivity index is 1.52. The molecule has 0 spiro atoms. The summed E-state index contributed by atoms with van der Waals surface area (Å²) in [5, 5.41) is 11.5. The van der Waals surface area contributed by atoms with E-state index in [4.69, 9.17) is 23.7 Å². The second-order valence-corrected chi connectivity index (χ2v) is 8.12. The van der Waals surface area contributed by atoms with Crippen molar-refractivity contribution in [2.45, 2.75) is 13.5 Å². The molecule has 3 rings (SSSR count). The van der Waals surface area contributed by atoms with Gasteiger partial charge in [-0.25, -0.2) is 4.79 Å². The quantitative estimate of drug-likeness (QED) is 0.243. The summed E-state index contributed by atoms with van der Waals surface area (Å²) in [6, 6.07) is 7.97. The third-order valence-corrected chi connectivity index (χ3v) is 5.98. The molecule has 36 heavy (non-hydrogen) atoms. The molecule has 0 atom stereocenters. The van der Waals surface area contributed by atoms with Gasteiger partial charge in [0.05, 0.1) is 38.4 Å². The van der Waals surface area contributed by atoms with E-state index < -0.39 is 10.9 Å². The Morgan fingerprint density at radius 1 is 0.944 bits per heavy atom. The van der Waals surface area contributed by atoms with Gasteiger partial charge in [-0.3, -0.25) is 19.9 Å². The number of nitro groups is 1. The van der Waals surface area contributed by atoms with Crippen molar-refractivity contribution in [3.63, 3.8) is 0 Å². The first kappa shape index (κ1) is 27.0. The summed E-state index contributed by atoms with van der Waals surface area (Å²) in [6.45, 7) is 6.89. The van der Waals surface area contributed by atoms with E-state index >= 15 is 0 Å². The van der Waals surface area contributed by atoms with Crippen LogP contribution in [0.15, 0.2) is 30.3 Å². The van der Waals surface area contributed by atoms with Gasteiger partial charge in [0.2, 0.25) is 5.75 Å². The Hall–Kier alpha value is -3.57. The van der Waals surface area contributed by atoms with Gasteiger partial charge in [0.1, 0.15) is 6.61 Å². The van der Waals surface area contributed by atoms with Crippen LogP contribution < -0.4 is 18.9 Å². The minimum absolute atomic E-state index is 0.123. The highest BCUT2D eigenvalue weighted by Crippen LogP contribution is 2.40. The number of ether oxygens (including phenoxy) is 5. The summed E-state index contributed by atoms with van der Waals surface area (Å²) < 4.78 is 27.1. The standard InChI is InChI=1S/C25H33N3O8/c1-5-35-25(29)18-6-8-21(20(16-18)28(30)31)36-15-14-26-10-12-27(13-11-26)17-19-7-9-22(32-2)24(34-4)23(19)33-3/h6-9,16H,5,10-15,17H2,1-4H3. The van der Waals surface area contributed by atoms with E-state index in [2.05, 4.69) is 9.80 Å². The maximum absolute atomic E-state index is 11.9. The number of carbonyl (C=O) groups is 1. The van der Waals surface area contributed by atoms with Crippen LogP contribution in [0.5, 0.6) is 23.0 Å². The fourth-order valence-corrected chi connectivity index (χ4v) is 4.11. The maximum atomic E-state index is 11.9. The molecule has 1 fully saturated rings. The third kappa shape index (κ3) is 6.55. The molecule has 1 aliphatic heterocycles. The van der Waals surface area contributed by atoms with E-state index in [1.807, 2.05) is 12.1 Å². The number of piperazine rings is 1. The molecule has 196 valence electrons. The highest BCUT2D eigenvalue weighted by atomic mass is 16.6. The lowest BCUT2D eigenvalue weighted by atomic mass is 10.1. The lowest BCUT2D eigenvalue weighted by Gasteiger charge is -2.34. The van der Waals surface area contributed by atoms with Crippen LogP contribution >= 0.6 is 0 Å². The molecule has 1 heterocycles. The smallest absolute Gasteiger partial charge is 0.338 e. The van der Waals surface area contributed by atoms with Gasteiger partial charge in [-0.2, -0.15) is 0 Å². The molecule has 0 saturated carbocycles. The van der Waals surface area contributed by atoms with Gasteiger partial charge in [-0.15, -0.1) is 0 Å². The van der Waals surface area contributed by atoms with Gasteiger partial charge in [0, 0.05) is 50.9 Å². The normalized spacial score (nSPS) is 14.2. The highest BCUT2D eigenvalue weighted by molar-refractivity contribution is 5.90. The predicted octanol–water partition coefficient (Wildman–Crippen LogP) is 2.99. The summed E-state index contributed by atoms with van der Waals surface area (Å²) in [7, 11) is 4.80. The van der Waals surface area contributed by atoms with Crippen molar-refractivity contribution in [3.05, 3.63) is 51.6 Å². The number of rotatable bonds is 12. The number of esters is 1. The van der Waals surface area contributed by atoms with Crippen molar-refractivity contribution in [1.29, 1.82) is 0 Å². The monoisotopic (exact) mass is 503 g/mol. The van der Waals surface area contributed by atoms with E-state index in [9.17, 15) is 14.9 Å². The molecule has 1 aliphatic rings. The molecule has 0 bridgehead atoms. The van der Waals surface area contributed by atoms with Gasteiger partial charge >= 0.3 is 11.7 Å².